The van der Waals surface area contributed by atoms with Crippen molar-refractivity contribution in [2.45, 2.75) is 18.9 Å². The average molecular weight is 197 g/mol. The number of hydrogen-bond acceptors (Lipinski definition) is 3. The van der Waals surface area contributed by atoms with Crippen molar-refractivity contribution in [3.63, 3.8) is 0 Å². The molecular formula is C11H23N3. The number of rotatable bonds is 3. The van der Waals surface area contributed by atoms with Crippen LogP contribution in [-0.2, 0) is 0 Å². The second-order valence-corrected chi connectivity index (χ2v) is 5.04. The lowest BCUT2D eigenvalue weighted by molar-refractivity contribution is 0.107. The van der Waals surface area contributed by atoms with Crippen LogP contribution in [0.4, 0.5) is 0 Å². The molecule has 2 aliphatic heterocycles. The lowest BCUT2D eigenvalue weighted by atomic mass is 9.99. The fourth-order valence-corrected chi connectivity index (χ4v) is 2.46. The molecule has 2 saturated heterocycles. The first-order valence-electron chi connectivity index (χ1n) is 5.85. The summed E-state index contributed by atoms with van der Waals surface area (Å²) in [6.45, 7) is 6.40. The van der Waals surface area contributed by atoms with Crippen LogP contribution in [0.2, 0.25) is 0 Å². The molecule has 1 N–H and O–H groups in total. The van der Waals surface area contributed by atoms with Gasteiger partial charge in [-0.15, -0.1) is 0 Å². The van der Waals surface area contributed by atoms with Gasteiger partial charge in [0.25, 0.3) is 0 Å². The van der Waals surface area contributed by atoms with E-state index < -0.39 is 0 Å². The zero-order chi connectivity index (χ0) is 9.97. The van der Waals surface area contributed by atoms with Crippen molar-refractivity contribution in [1.82, 2.24) is 15.1 Å². The van der Waals surface area contributed by atoms with E-state index in [-0.39, 0.29) is 0 Å². The van der Waals surface area contributed by atoms with Crippen molar-refractivity contribution in [1.29, 1.82) is 0 Å². The highest BCUT2D eigenvalue weighted by Crippen LogP contribution is 2.16. The van der Waals surface area contributed by atoms with Crippen LogP contribution in [0.3, 0.4) is 0 Å². The number of hydrogen-bond donors (Lipinski definition) is 1. The van der Waals surface area contributed by atoms with Gasteiger partial charge in [-0.1, -0.05) is 0 Å². The number of likely N-dealkylation sites (tertiary alicyclic amines) is 1. The summed E-state index contributed by atoms with van der Waals surface area (Å²) in [5.41, 5.74) is 0. The van der Waals surface area contributed by atoms with Crippen LogP contribution in [0, 0.1) is 5.92 Å². The van der Waals surface area contributed by atoms with E-state index in [9.17, 15) is 0 Å². The van der Waals surface area contributed by atoms with Crippen molar-refractivity contribution in [2.75, 3.05) is 46.8 Å². The monoisotopic (exact) mass is 197 g/mol. The number of nitrogens with zero attached hydrogens (tertiary/aromatic N) is 2. The summed E-state index contributed by atoms with van der Waals surface area (Å²) in [5, 5.41) is 3.35. The van der Waals surface area contributed by atoms with Crippen LogP contribution in [0.15, 0.2) is 0 Å². The van der Waals surface area contributed by atoms with E-state index in [0.717, 1.165) is 12.0 Å². The summed E-state index contributed by atoms with van der Waals surface area (Å²) >= 11 is 0. The van der Waals surface area contributed by atoms with Gasteiger partial charge >= 0.3 is 0 Å². The van der Waals surface area contributed by atoms with Crippen molar-refractivity contribution in [3.8, 4) is 0 Å². The second kappa shape index (κ2) is 4.60. The Morgan fingerprint density at radius 3 is 2.71 bits per heavy atom. The maximum atomic E-state index is 3.35. The van der Waals surface area contributed by atoms with E-state index in [1.165, 1.54) is 45.6 Å². The molecular weight excluding hydrogens is 174 g/mol. The zero-order valence-electron chi connectivity index (χ0n) is 9.50. The largest absolute Gasteiger partial charge is 0.316 e. The zero-order valence-corrected chi connectivity index (χ0v) is 9.50. The molecule has 0 aromatic rings. The summed E-state index contributed by atoms with van der Waals surface area (Å²) in [4.78, 5) is 5.03. The fraction of sp³-hybridized carbons (Fsp3) is 1.00. The molecule has 0 spiro atoms. The summed E-state index contributed by atoms with van der Waals surface area (Å²) in [6.07, 6.45) is 2.76. The van der Waals surface area contributed by atoms with Gasteiger partial charge in [-0.2, -0.15) is 0 Å². The second-order valence-electron chi connectivity index (χ2n) is 5.04. The van der Waals surface area contributed by atoms with Crippen LogP contribution >= 0.6 is 0 Å². The highest BCUT2D eigenvalue weighted by atomic mass is 15.2. The van der Waals surface area contributed by atoms with E-state index >= 15 is 0 Å². The van der Waals surface area contributed by atoms with Gasteiger partial charge in [-0.3, -0.25) is 0 Å². The minimum Gasteiger partial charge on any atom is -0.316 e. The summed E-state index contributed by atoms with van der Waals surface area (Å²) < 4.78 is 0. The molecule has 0 aliphatic carbocycles. The first-order chi connectivity index (χ1) is 6.75. The normalized spacial score (nSPS) is 30.6. The summed E-state index contributed by atoms with van der Waals surface area (Å²) in [5.74, 6) is 0.927. The molecule has 0 bridgehead atoms. The molecule has 1 atom stereocenters. The van der Waals surface area contributed by atoms with E-state index in [1.807, 2.05) is 0 Å². The van der Waals surface area contributed by atoms with Crippen LogP contribution in [0.25, 0.3) is 0 Å². The van der Waals surface area contributed by atoms with E-state index in [4.69, 9.17) is 0 Å². The minimum atomic E-state index is 0.789. The van der Waals surface area contributed by atoms with Gasteiger partial charge < -0.3 is 15.1 Å². The molecule has 14 heavy (non-hydrogen) atoms. The maximum absolute atomic E-state index is 3.35. The van der Waals surface area contributed by atoms with Gasteiger partial charge in [0.2, 0.25) is 0 Å². The molecule has 0 saturated carbocycles. The molecule has 0 radical (unpaired) electrons. The van der Waals surface area contributed by atoms with Crippen molar-refractivity contribution in [2.24, 2.45) is 5.92 Å². The number of piperidine rings is 1. The average Bonchev–Trinajstić information content (AvgIpc) is 2.12. The van der Waals surface area contributed by atoms with Gasteiger partial charge in [0, 0.05) is 32.2 Å². The van der Waals surface area contributed by atoms with Gasteiger partial charge in [0.15, 0.2) is 0 Å². The lowest BCUT2D eigenvalue weighted by Gasteiger charge is -2.39. The highest BCUT2D eigenvalue weighted by molar-refractivity contribution is 4.83. The van der Waals surface area contributed by atoms with Crippen LogP contribution < -0.4 is 5.32 Å². The standard InChI is InChI=1S/C11H23N3/c1-13(2)11-4-3-5-14(9-11)8-10-6-12-7-10/h10-12H,3-9H2,1-2H3. The van der Waals surface area contributed by atoms with Crippen molar-refractivity contribution in [3.05, 3.63) is 0 Å². The van der Waals surface area contributed by atoms with Gasteiger partial charge in [0.1, 0.15) is 0 Å². The summed E-state index contributed by atoms with van der Waals surface area (Å²) in [7, 11) is 4.41. The molecule has 2 heterocycles. The predicted molar refractivity (Wildman–Crippen MR) is 59.5 cm³/mol. The smallest absolute Gasteiger partial charge is 0.0217 e. The van der Waals surface area contributed by atoms with E-state index in [1.54, 1.807) is 0 Å². The Morgan fingerprint density at radius 2 is 2.14 bits per heavy atom. The molecule has 0 aromatic carbocycles. The Bertz CT molecular complexity index is 177. The molecule has 3 nitrogen and oxygen atoms in total. The Balaban J connectivity index is 1.75. The van der Waals surface area contributed by atoms with Gasteiger partial charge in [-0.05, 0) is 39.4 Å². The summed E-state index contributed by atoms with van der Waals surface area (Å²) in [6, 6.07) is 0.789. The molecule has 3 heteroatoms. The van der Waals surface area contributed by atoms with Crippen LogP contribution in [-0.4, -0.2) is 62.7 Å². The van der Waals surface area contributed by atoms with Crippen molar-refractivity contribution >= 4 is 0 Å². The van der Waals surface area contributed by atoms with Crippen LogP contribution in [0.5, 0.6) is 0 Å². The molecule has 1 unspecified atom stereocenters. The van der Waals surface area contributed by atoms with Gasteiger partial charge in [-0.25, -0.2) is 0 Å². The number of likely N-dealkylation sites (N-methyl/N-ethyl adjacent to an activating group) is 1. The highest BCUT2D eigenvalue weighted by Gasteiger charge is 2.25. The third-order valence-electron chi connectivity index (χ3n) is 3.59. The fourth-order valence-electron chi connectivity index (χ4n) is 2.46. The first kappa shape index (κ1) is 10.4. The predicted octanol–water partition coefficient (Wildman–Crippen LogP) is 0.232. The molecule has 82 valence electrons. The molecule has 0 amide bonds. The number of nitrogens with one attached hydrogen (secondary N) is 1. The Kier molecular flexibility index (Phi) is 3.42. The Labute approximate surface area is 87.4 Å². The lowest BCUT2D eigenvalue weighted by Crippen LogP contribution is -2.52. The Morgan fingerprint density at radius 1 is 1.36 bits per heavy atom. The third-order valence-corrected chi connectivity index (χ3v) is 3.59. The minimum absolute atomic E-state index is 0.789. The molecule has 2 fully saturated rings. The molecule has 2 rings (SSSR count). The molecule has 2 aliphatic rings. The molecule has 0 aromatic heterocycles. The SMILES string of the molecule is CN(C)C1CCCN(CC2CNC2)C1. The third kappa shape index (κ3) is 2.47. The van der Waals surface area contributed by atoms with E-state index in [0.29, 0.717) is 0 Å². The first-order valence-corrected chi connectivity index (χ1v) is 5.85. The van der Waals surface area contributed by atoms with E-state index in [2.05, 4.69) is 29.2 Å². The maximum Gasteiger partial charge on any atom is 0.0217 e. The topological polar surface area (TPSA) is 18.5 Å². The van der Waals surface area contributed by atoms with Crippen molar-refractivity contribution < 1.29 is 0 Å². The quantitative estimate of drug-likeness (QED) is 0.699. The van der Waals surface area contributed by atoms with Gasteiger partial charge in [0.05, 0.1) is 0 Å². The van der Waals surface area contributed by atoms with Crippen LogP contribution in [0.1, 0.15) is 12.8 Å². The Hall–Kier alpha value is -0.120.